The van der Waals surface area contributed by atoms with Crippen LogP contribution < -0.4 is 5.32 Å². The van der Waals surface area contributed by atoms with E-state index in [1.807, 2.05) is 19.9 Å². The minimum atomic E-state index is -0.581. The van der Waals surface area contributed by atoms with Crippen LogP contribution in [-0.2, 0) is 0 Å². The third kappa shape index (κ3) is 2.08. The summed E-state index contributed by atoms with van der Waals surface area (Å²) in [6.45, 7) is 5.50. The first-order chi connectivity index (χ1) is 7.94. The summed E-state index contributed by atoms with van der Waals surface area (Å²) in [5, 5.41) is 3.00. The van der Waals surface area contributed by atoms with Crippen LogP contribution in [-0.4, -0.2) is 23.4 Å². The second-order valence-electron chi connectivity index (χ2n) is 4.62. The van der Waals surface area contributed by atoms with Gasteiger partial charge in [-0.15, -0.1) is 0 Å². The third-order valence-electron chi connectivity index (χ3n) is 2.95. The lowest BCUT2D eigenvalue weighted by atomic mass is 9.93. The van der Waals surface area contributed by atoms with Crippen LogP contribution in [0, 0.1) is 6.92 Å². The van der Waals surface area contributed by atoms with Crippen LogP contribution in [0.1, 0.15) is 30.1 Å². The van der Waals surface area contributed by atoms with E-state index in [0.717, 1.165) is 5.52 Å². The topological polar surface area (TPSA) is 55.1 Å². The summed E-state index contributed by atoms with van der Waals surface area (Å²) in [5.41, 5.74) is 1.48. The van der Waals surface area contributed by atoms with E-state index < -0.39 is 5.54 Å². The molecule has 0 saturated heterocycles. The number of aromatic nitrogens is 1. The number of rotatable bonds is 3. The first kappa shape index (κ1) is 11.8. The number of aryl methyl sites for hydroxylation is 1. The monoisotopic (exact) mass is 232 g/mol. The van der Waals surface area contributed by atoms with E-state index in [4.69, 9.17) is 4.42 Å². The molecule has 0 amide bonds. The van der Waals surface area contributed by atoms with Gasteiger partial charge in [-0.05, 0) is 39.1 Å². The number of fused-ring (bicyclic) bond motifs is 1. The van der Waals surface area contributed by atoms with E-state index in [2.05, 4.69) is 10.3 Å². The first-order valence-corrected chi connectivity index (χ1v) is 5.55. The molecule has 0 bridgehead atoms. The lowest BCUT2D eigenvalue weighted by Crippen LogP contribution is -2.44. The highest BCUT2D eigenvalue weighted by atomic mass is 16.3. The lowest BCUT2D eigenvalue weighted by Gasteiger charge is -2.22. The molecule has 0 fully saturated rings. The molecular weight excluding hydrogens is 216 g/mol. The van der Waals surface area contributed by atoms with Crippen LogP contribution in [0.15, 0.2) is 22.6 Å². The van der Waals surface area contributed by atoms with E-state index in [1.54, 1.807) is 26.1 Å². The zero-order valence-electron chi connectivity index (χ0n) is 10.5. The molecule has 2 rings (SSSR count). The lowest BCUT2D eigenvalue weighted by molar-refractivity contribution is 0.0889. The molecule has 0 aliphatic rings. The molecule has 2 aromatic rings. The average Bonchev–Trinajstić information content (AvgIpc) is 2.66. The summed E-state index contributed by atoms with van der Waals surface area (Å²) in [7, 11) is 1.77. The molecule has 1 N–H and O–H groups in total. The zero-order chi connectivity index (χ0) is 12.6. The maximum Gasteiger partial charge on any atom is 0.192 e. The number of oxazole rings is 1. The number of hydrogen-bond acceptors (Lipinski definition) is 4. The number of likely N-dealkylation sites (N-methyl/N-ethyl adjacent to an activating group) is 1. The molecular formula is C13H16N2O2. The SMILES string of the molecule is CNC(C)(C)C(=O)c1ccc2nc(C)oc2c1. The van der Waals surface area contributed by atoms with Crippen molar-refractivity contribution < 1.29 is 9.21 Å². The standard InChI is InChI=1S/C13H16N2O2/c1-8-15-10-6-5-9(7-11(10)17-8)12(16)13(2,3)14-4/h5-7,14H,1-4H3. The summed E-state index contributed by atoms with van der Waals surface area (Å²) in [5.74, 6) is 0.647. The van der Waals surface area contributed by atoms with Gasteiger partial charge in [0.15, 0.2) is 17.3 Å². The molecule has 4 heteroatoms. The highest BCUT2D eigenvalue weighted by molar-refractivity contribution is 6.04. The van der Waals surface area contributed by atoms with Crippen molar-refractivity contribution in [2.24, 2.45) is 0 Å². The van der Waals surface area contributed by atoms with Crippen molar-refractivity contribution in [3.63, 3.8) is 0 Å². The highest BCUT2D eigenvalue weighted by Crippen LogP contribution is 2.20. The quantitative estimate of drug-likeness (QED) is 0.825. The molecule has 17 heavy (non-hydrogen) atoms. The smallest absolute Gasteiger partial charge is 0.192 e. The van der Waals surface area contributed by atoms with Gasteiger partial charge < -0.3 is 9.73 Å². The molecule has 0 aliphatic heterocycles. The Labute approximate surface area is 100 Å². The summed E-state index contributed by atoms with van der Waals surface area (Å²) in [6, 6.07) is 5.34. The Morgan fingerprint density at radius 2 is 2.12 bits per heavy atom. The molecule has 90 valence electrons. The Morgan fingerprint density at radius 1 is 1.41 bits per heavy atom. The Hall–Kier alpha value is -1.68. The van der Waals surface area contributed by atoms with Gasteiger partial charge in [-0.3, -0.25) is 4.79 Å². The first-order valence-electron chi connectivity index (χ1n) is 5.55. The molecule has 4 nitrogen and oxygen atoms in total. The van der Waals surface area contributed by atoms with Gasteiger partial charge >= 0.3 is 0 Å². The molecule has 1 aromatic carbocycles. The fourth-order valence-electron chi connectivity index (χ4n) is 1.66. The van der Waals surface area contributed by atoms with Gasteiger partial charge in [0, 0.05) is 12.5 Å². The second kappa shape index (κ2) is 3.96. The van der Waals surface area contributed by atoms with E-state index in [0.29, 0.717) is 17.0 Å². The summed E-state index contributed by atoms with van der Waals surface area (Å²) >= 11 is 0. The maximum absolute atomic E-state index is 12.2. The minimum absolute atomic E-state index is 0.0379. The number of carbonyl (C=O) groups is 1. The number of nitrogens with zero attached hydrogens (tertiary/aromatic N) is 1. The van der Waals surface area contributed by atoms with Gasteiger partial charge in [-0.1, -0.05) is 0 Å². The van der Waals surface area contributed by atoms with Gasteiger partial charge in [0.25, 0.3) is 0 Å². The Kier molecular flexibility index (Phi) is 2.75. The van der Waals surface area contributed by atoms with Gasteiger partial charge in [0.05, 0.1) is 5.54 Å². The molecule has 1 aromatic heterocycles. The predicted molar refractivity (Wildman–Crippen MR) is 66.2 cm³/mol. The van der Waals surface area contributed by atoms with Crippen LogP contribution in [0.4, 0.5) is 0 Å². The molecule has 0 unspecified atom stereocenters. The van der Waals surface area contributed by atoms with Crippen molar-refractivity contribution in [3.05, 3.63) is 29.7 Å². The van der Waals surface area contributed by atoms with Crippen molar-refractivity contribution >= 4 is 16.9 Å². The molecule has 0 spiro atoms. The maximum atomic E-state index is 12.2. The van der Waals surface area contributed by atoms with Crippen molar-refractivity contribution in [1.82, 2.24) is 10.3 Å². The molecule has 0 aliphatic carbocycles. The molecule has 0 radical (unpaired) electrons. The highest BCUT2D eigenvalue weighted by Gasteiger charge is 2.26. The van der Waals surface area contributed by atoms with Crippen LogP contribution in [0.5, 0.6) is 0 Å². The van der Waals surface area contributed by atoms with Crippen molar-refractivity contribution in [2.75, 3.05) is 7.05 Å². The summed E-state index contributed by atoms with van der Waals surface area (Å²) in [4.78, 5) is 16.4. The third-order valence-corrected chi connectivity index (χ3v) is 2.95. The van der Waals surface area contributed by atoms with Crippen LogP contribution in [0.2, 0.25) is 0 Å². The van der Waals surface area contributed by atoms with E-state index in [9.17, 15) is 4.79 Å². The van der Waals surface area contributed by atoms with E-state index >= 15 is 0 Å². The van der Waals surface area contributed by atoms with Crippen LogP contribution in [0.25, 0.3) is 11.1 Å². The van der Waals surface area contributed by atoms with E-state index in [1.165, 1.54) is 0 Å². The van der Waals surface area contributed by atoms with Gasteiger partial charge in [-0.25, -0.2) is 4.98 Å². The minimum Gasteiger partial charge on any atom is -0.441 e. The van der Waals surface area contributed by atoms with Crippen molar-refractivity contribution in [3.8, 4) is 0 Å². The number of ketones is 1. The van der Waals surface area contributed by atoms with Crippen LogP contribution >= 0.6 is 0 Å². The van der Waals surface area contributed by atoms with Gasteiger partial charge in [0.1, 0.15) is 5.52 Å². The average molecular weight is 232 g/mol. The molecule has 0 saturated carbocycles. The van der Waals surface area contributed by atoms with Crippen molar-refractivity contribution in [2.45, 2.75) is 26.3 Å². The summed E-state index contributed by atoms with van der Waals surface area (Å²) in [6.07, 6.45) is 0. The normalized spacial score (nSPS) is 12.0. The predicted octanol–water partition coefficient (Wildman–Crippen LogP) is 2.32. The largest absolute Gasteiger partial charge is 0.441 e. The van der Waals surface area contributed by atoms with Gasteiger partial charge in [-0.2, -0.15) is 0 Å². The number of nitrogens with one attached hydrogen (secondary N) is 1. The number of benzene rings is 1. The van der Waals surface area contributed by atoms with Crippen LogP contribution in [0.3, 0.4) is 0 Å². The van der Waals surface area contributed by atoms with Gasteiger partial charge in [0.2, 0.25) is 0 Å². The fraction of sp³-hybridized carbons (Fsp3) is 0.385. The fourth-order valence-corrected chi connectivity index (χ4v) is 1.66. The number of Topliss-reactive ketones (excluding diaryl/α,β-unsaturated/α-hetero) is 1. The Balaban J connectivity index is 2.46. The Bertz CT molecular complexity index is 570. The van der Waals surface area contributed by atoms with Crippen molar-refractivity contribution in [1.29, 1.82) is 0 Å². The number of hydrogen-bond donors (Lipinski definition) is 1. The Morgan fingerprint density at radius 3 is 2.76 bits per heavy atom. The molecule has 0 atom stereocenters. The second-order valence-corrected chi connectivity index (χ2v) is 4.62. The number of carbonyl (C=O) groups excluding carboxylic acids is 1. The van der Waals surface area contributed by atoms with E-state index in [-0.39, 0.29) is 5.78 Å². The zero-order valence-corrected chi connectivity index (χ0v) is 10.5. The molecule has 1 heterocycles. The summed E-state index contributed by atoms with van der Waals surface area (Å²) < 4.78 is 5.42.